The lowest BCUT2D eigenvalue weighted by Gasteiger charge is -2.18. The number of aromatic nitrogens is 2. The Kier molecular flexibility index (Phi) is 10.1. The molecule has 0 saturated heterocycles. The molecular weight excluding hydrogens is 318 g/mol. The van der Waals surface area contributed by atoms with Crippen molar-refractivity contribution >= 4 is 5.96 Å². The summed E-state index contributed by atoms with van der Waals surface area (Å²) in [5.41, 5.74) is 0. The van der Waals surface area contributed by atoms with Gasteiger partial charge in [-0.1, -0.05) is 31.8 Å². The molecule has 2 atom stereocenters. The van der Waals surface area contributed by atoms with E-state index in [0.717, 1.165) is 24.8 Å². The number of hydrogen-bond donors (Lipinski definition) is 2. The summed E-state index contributed by atoms with van der Waals surface area (Å²) in [7, 11) is 0. The molecule has 0 aliphatic heterocycles. The fourth-order valence-electron chi connectivity index (χ4n) is 2.43. The van der Waals surface area contributed by atoms with E-state index >= 15 is 0 Å². The Bertz CT molecular complexity index is 501. The maximum absolute atomic E-state index is 5.47. The van der Waals surface area contributed by atoms with Gasteiger partial charge in [-0.3, -0.25) is 0 Å². The Morgan fingerprint density at radius 1 is 1.20 bits per heavy atom. The zero-order valence-electron chi connectivity index (χ0n) is 16.6. The summed E-state index contributed by atoms with van der Waals surface area (Å²) in [6, 6.07) is 0.368. The zero-order valence-corrected chi connectivity index (χ0v) is 16.6. The molecule has 0 bridgehead atoms. The molecule has 7 nitrogen and oxygen atoms in total. The molecule has 7 heteroatoms. The average molecular weight is 354 g/mol. The third kappa shape index (κ3) is 8.86. The summed E-state index contributed by atoms with van der Waals surface area (Å²) >= 11 is 0. The minimum Gasteiger partial charge on any atom is -0.371 e. The number of ether oxygens (including phenoxy) is 1. The highest BCUT2D eigenvalue weighted by Gasteiger charge is 2.13. The summed E-state index contributed by atoms with van der Waals surface area (Å²) in [5.74, 6) is 2.58. The van der Waals surface area contributed by atoms with Crippen molar-refractivity contribution < 1.29 is 9.26 Å². The van der Waals surface area contributed by atoms with Crippen molar-refractivity contribution in [3.8, 4) is 0 Å². The Labute approximate surface area is 152 Å². The van der Waals surface area contributed by atoms with E-state index in [1.165, 1.54) is 12.8 Å². The SMILES string of the molecule is CCNC(=NCc1nc(C(C)OCC)no1)NC(C)CCCC(C)C. The summed E-state index contributed by atoms with van der Waals surface area (Å²) in [6.07, 6.45) is 3.42. The molecule has 0 spiro atoms. The van der Waals surface area contributed by atoms with Gasteiger partial charge in [-0.25, -0.2) is 4.99 Å². The van der Waals surface area contributed by atoms with Crippen molar-refractivity contribution in [2.24, 2.45) is 10.9 Å². The lowest BCUT2D eigenvalue weighted by atomic mass is 10.0. The highest BCUT2D eigenvalue weighted by molar-refractivity contribution is 5.79. The van der Waals surface area contributed by atoms with Crippen LogP contribution in [0.3, 0.4) is 0 Å². The van der Waals surface area contributed by atoms with Gasteiger partial charge in [0.05, 0.1) is 0 Å². The molecule has 0 aliphatic carbocycles. The first-order valence-electron chi connectivity index (χ1n) is 9.45. The third-order valence-electron chi connectivity index (χ3n) is 3.78. The molecule has 144 valence electrons. The van der Waals surface area contributed by atoms with E-state index in [1.807, 2.05) is 13.8 Å². The van der Waals surface area contributed by atoms with Crippen LogP contribution in [-0.4, -0.2) is 35.3 Å². The highest BCUT2D eigenvalue weighted by Crippen LogP contribution is 2.13. The first-order chi connectivity index (χ1) is 12.0. The van der Waals surface area contributed by atoms with Gasteiger partial charge in [-0.05, 0) is 40.0 Å². The Morgan fingerprint density at radius 2 is 1.96 bits per heavy atom. The number of hydrogen-bond acceptors (Lipinski definition) is 5. The molecular formula is C18H35N5O2. The standard InChI is InChI=1S/C18H35N5O2/c1-7-19-18(21-14(5)11-9-10-13(3)4)20-12-16-22-17(23-25-16)15(6)24-8-2/h13-15H,7-12H2,1-6H3,(H2,19,20,21). The quantitative estimate of drug-likeness (QED) is 0.468. The monoisotopic (exact) mass is 353 g/mol. The van der Waals surface area contributed by atoms with Gasteiger partial charge in [-0.2, -0.15) is 4.98 Å². The second-order valence-electron chi connectivity index (χ2n) is 6.71. The lowest BCUT2D eigenvalue weighted by molar-refractivity contribution is 0.0683. The van der Waals surface area contributed by atoms with E-state index in [2.05, 4.69) is 53.5 Å². The minimum absolute atomic E-state index is 0.168. The molecule has 2 unspecified atom stereocenters. The van der Waals surface area contributed by atoms with Crippen LogP contribution >= 0.6 is 0 Å². The molecule has 0 fully saturated rings. The fraction of sp³-hybridized carbons (Fsp3) is 0.833. The predicted octanol–water partition coefficient (Wildman–Crippen LogP) is 3.44. The average Bonchev–Trinajstić information content (AvgIpc) is 3.02. The molecule has 25 heavy (non-hydrogen) atoms. The summed E-state index contributed by atoms with van der Waals surface area (Å²) < 4.78 is 10.7. The van der Waals surface area contributed by atoms with Gasteiger partial charge < -0.3 is 19.9 Å². The summed E-state index contributed by atoms with van der Waals surface area (Å²) in [5, 5.41) is 10.6. The predicted molar refractivity (Wildman–Crippen MR) is 100 cm³/mol. The second-order valence-corrected chi connectivity index (χ2v) is 6.71. The molecule has 1 rings (SSSR count). The summed E-state index contributed by atoms with van der Waals surface area (Å²) in [4.78, 5) is 8.89. The van der Waals surface area contributed by atoms with Crippen molar-refractivity contribution in [3.63, 3.8) is 0 Å². The van der Waals surface area contributed by atoms with Gasteiger partial charge in [0, 0.05) is 19.2 Å². The Balaban J connectivity index is 2.54. The van der Waals surface area contributed by atoms with Crippen LogP contribution in [0.2, 0.25) is 0 Å². The van der Waals surface area contributed by atoms with Crippen LogP contribution < -0.4 is 10.6 Å². The number of rotatable bonds is 11. The molecule has 1 heterocycles. The first kappa shape index (κ1) is 21.4. The zero-order chi connectivity index (χ0) is 18.7. The van der Waals surface area contributed by atoms with E-state index in [0.29, 0.717) is 30.9 Å². The van der Waals surface area contributed by atoms with Gasteiger partial charge in [0.2, 0.25) is 5.89 Å². The van der Waals surface area contributed by atoms with Crippen LogP contribution in [0.15, 0.2) is 9.52 Å². The van der Waals surface area contributed by atoms with Gasteiger partial charge >= 0.3 is 0 Å². The highest BCUT2D eigenvalue weighted by atomic mass is 16.5. The minimum atomic E-state index is -0.168. The molecule has 1 aromatic heterocycles. The number of nitrogens with one attached hydrogen (secondary N) is 2. The van der Waals surface area contributed by atoms with Crippen LogP contribution in [-0.2, 0) is 11.3 Å². The van der Waals surface area contributed by atoms with Crippen LogP contribution in [0.4, 0.5) is 0 Å². The molecule has 0 aromatic carbocycles. The van der Waals surface area contributed by atoms with Crippen molar-refractivity contribution in [2.75, 3.05) is 13.2 Å². The summed E-state index contributed by atoms with van der Waals surface area (Å²) in [6.45, 7) is 14.4. The first-order valence-corrected chi connectivity index (χ1v) is 9.45. The van der Waals surface area contributed by atoms with E-state index in [9.17, 15) is 0 Å². The van der Waals surface area contributed by atoms with Crippen LogP contribution in [0, 0.1) is 5.92 Å². The van der Waals surface area contributed by atoms with Crippen molar-refractivity contribution in [3.05, 3.63) is 11.7 Å². The normalized spacial score (nSPS) is 14.6. The maximum atomic E-state index is 5.47. The van der Waals surface area contributed by atoms with Gasteiger partial charge in [0.15, 0.2) is 11.8 Å². The van der Waals surface area contributed by atoms with Crippen LogP contribution in [0.1, 0.15) is 78.6 Å². The number of aliphatic imine (C=N–C) groups is 1. The van der Waals surface area contributed by atoms with Gasteiger partial charge in [0.25, 0.3) is 0 Å². The molecule has 0 aliphatic rings. The smallest absolute Gasteiger partial charge is 0.248 e. The number of nitrogens with zero attached hydrogens (tertiary/aromatic N) is 3. The van der Waals surface area contributed by atoms with Crippen LogP contribution in [0.25, 0.3) is 0 Å². The maximum Gasteiger partial charge on any atom is 0.248 e. The number of guanidine groups is 1. The molecule has 0 radical (unpaired) electrons. The largest absolute Gasteiger partial charge is 0.371 e. The van der Waals surface area contributed by atoms with E-state index < -0.39 is 0 Å². The Morgan fingerprint density at radius 3 is 2.60 bits per heavy atom. The van der Waals surface area contributed by atoms with Crippen molar-refractivity contribution in [1.82, 2.24) is 20.8 Å². The molecule has 2 N–H and O–H groups in total. The lowest BCUT2D eigenvalue weighted by Crippen LogP contribution is -2.42. The van der Waals surface area contributed by atoms with Gasteiger partial charge in [-0.15, -0.1) is 0 Å². The van der Waals surface area contributed by atoms with E-state index in [-0.39, 0.29) is 6.10 Å². The third-order valence-corrected chi connectivity index (χ3v) is 3.78. The fourth-order valence-corrected chi connectivity index (χ4v) is 2.43. The van der Waals surface area contributed by atoms with Crippen molar-refractivity contribution in [1.29, 1.82) is 0 Å². The topological polar surface area (TPSA) is 84.6 Å². The van der Waals surface area contributed by atoms with Crippen LogP contribution in [0.5, 0.6) is 0 Å². The van der Waals surface area contributed by atoms with E-state index in [1.54, 1.807) is 0 Å². The van der Waals surface area contributed by atoms with E-state index in [4.69, 9.17) is 9.26 Å². The second kappa shape index (κ2) is 11.8. The molecule has 0 amide bonds. The van der Waals surface area contributed by atoms with Gasteiger partial charge in [0.1, 0.15) is 12.6 Å². The molecule has 0 saturated carbocycles. The van der Waals surface area contributed by atoms with Crippen molar-refractivity contribution in [2.45, 2.75) is 79.5 Å². The molecule has 1 aromatic rings. The Hall–Kier alpha value is -1.63.